The Morgan fingerprint density at radius 3 is 2.72 bits per heavy atom. The lowest BCUT2D eigenvalue weighted by atomic mass is 10.1. The number of carbonyl (C=O) groups is 1. The number of hydrogen-bond donors (Lipinski definition) is 2. The van der Waals surface area contributed by atoms with Gasteiger partial charge in [-0.3, -0.25) is 0 Å². The lowest BCUT2D eigenvalue weighted by Gasteiger charge is -2.07. The molecule has 0 unspecified atom stereocenters. The number of hydrogen-bond acceptors (Lipinski definition) is 1. The molecule has 2 N–H and O–H groups in total. The van der Waals surface area contributed by atoms with Crippen LogP contribution in [0.4, 0.5) is 9.18 Å². The quantitative estimate of drug-likeness (QED) is 0.720. The van der Waals surface area contributed by atoms with Crippen LogP contribution >= 0.6 is 0 Å². The third-order valence-electron chi connectivity index (χ3n) is 2.65. The van der Waals surface area contributed by atoms with Gasteiger partial charge >= 0.3 is 6.03 Å². The van der Waals surface area contributed by atoms with Gasteiger partial charge < -0.3 is 10.6 Å². The first-order valence-electron chi connectivity index (χ1n) is 6.48. The number of carbonyl (C=O) groups excluding carboxylic acids is 1. The Balaban J connectivity index is 2.12. The van der Waals surface area contributed by atoms with Crippen LogP contribution in [0, 0.1) is 5.82 Å². The molecule has 0 atom stereocenters. The van der Waals surface area contributed by atoms with Crippen molar-refractivity contribution < 1.29 is 9.18 Å². The van der Waals surface area contributed by atoms with Gasteiger partial charge in [-0.25, -0.2) is 9.18 Å². The summed E-state index contributed by atoms with van der Waals surface area (Å²) < 4.78 is 12.9. The molecule has 0 radical (unpaired) electrons. The molecule has 0 bridgehead atoms. The molecule has 0 saturated heterocycles. The van der Waals surface area contributed by atoms with Gasteiger partial charge in [0.2, 0.25) is 0 Å². The third-order valence-corrected chi connectivity index (χ3v) is 2.65. The van der Waals surface area contributed by atoms with Gasteiger partial charge in [-0.2, -0.15) is 0 Å². The van der Waals surface area contributed by atoms with Crippen LogP contribution in [0.3, 0.4) is 0 Å². The summed E-state index contributed by atoms with van der Waals surface area (Å²) >= 11 is 0. The minimum Gasteiger partial charge on any atom is -0.338 e. The molecular weight excluding hydrogens is 231 g/mol. The fraction of sp³-hybridized carbons (Fsp3) is 0.500. The van der Waals surface area contributed by atoms with E-state index in [1.165, 1.54) is 12.1 Å². The van der Waals surface area contributed by atoms with Crippen LogP contribution in [-0.2, 0) is 6.42 Å². The molecule has 0 fully saturated rings. The van der Waals surface area contributed by atoms with Gasteiger partial charge in [-0.1, -0.05) is 31.9 Å². The van der Waals surface area contributed by atoms with Crippen LogP contribution in [0.5, 0.6) is 0 Å². The highest BCUT2D eigenvalue weighted by Gasteiger charge is 1.99. The van der Waals surface area contributed by atoms with E-state index in [0.717, 1.165) is 24.8 Å². The highest BCUT2D eigenvalue weighted by atomic mass is 19.1. The van der Waals surface area contributed by atoms with Gasteiger partial charge in [0.15, 0.2) is 0 Å². The first-order chi connectivity index (χ1) is 8.72. The van der Waals surface area contributed by atoms with Crippen LogP contribution in [0.2, 0.25) is 0 Å². The van der Waals surface area contributed by atoms with Crippen LogP contribution in [0.15, 0.2) is 24.3 Å². The Bertz CT molecular complexity index is 369. The molecule has 0 spiro atoms. The molecule has 4 heteroatoms. The highest BCUT2D eigenvalue weighted by Crippen LogP contribution is 2.03. The van der Waals surface area contributed by atoms with Crippen molar-refractivity contribution in [3.8, 4) is 0 Å². The number of unbranched alkanes of at least 4 members (excludes halogenated alkanes) is 2. The molecule has 0 heterocycles. The number of amides is 2. The molecular formula is C14H21FN2O. The average Bonchev–Trinajstić information content (AvgIpc) is 2.35. The number of rotatable bonds is 7. The van der Waals surface area contributed by atoms with E-state index in [-0.39, 0.29) is 11.8 Å². The first-order valence-corrected chi connectivity index (χ1v) is 6.48. The normalized spacial score (nSPS) is 10.1. The summed E-state index contributed by atoms with van der Waals surface area (Å²) in [6.07, 6.45) is 3.92. The van der Waals surface area contributed by atoms with Crippen LogP contribution < -0.4 is 10.6 Å². The van der Waals surface area contributed by atoms with Crippen molar-refractivity contribution in [1.82, 2.24) is 10.6 Å². The zero-order chi connectivity index (χ0) is 13.2. The van der Waals surface area contributed by atoms with Gasteiger partial charge in [0, 0.05) is 13.1 Å². The predicted molar refractivity (Wildman–Crippen MR) is 71.0 cm³/mol. The first kappa shape index (κ1) is 14.5. The molecule has 1 aromatic carbocycles. The van der Waals surface area contributed by atoms with Crippen molar-refractivity contribution in [3.63, 3.8) is 0 Å². The fourth-order valence-electron chi connectivity index (χ4n) is 1.65. The smallest absolute Gasteiger partial charge is 0.314 e. The third kappa shape index (κ3) is 6.23. The summed E-state index contributed by atoms with van der Waals surface area (Å²) in [6, 6.07) is 6.28. The number of benzene rings is 1. The molecule has 0 aromatic heterocycles. The summed E-state index contributed by atoms with van der Waals surface area (Å²) in [5.41, 5.74) is 0.890. The number of urea groups is 1. The second-order valence-corrected chi connectivity index (χ2v) is 4.27. The van der Waals surface area contributed by atoms with Crippen LogP contribution in [0.25, 0.3) is 0 Å². The Morgan fingerprint density at radius 2 is 2.00 bits per heavy atom. The summed E-state index contributed by atoms with van der Waals surface area (Å²) in [4.78, 5) is 11.4. The maximum absolute atomic E-state index is 12.9. The van der Waals surface area contributed by atoms with Crippen molar-refractivity contribution in [2.75, 3.05) is 13.1 Å². The second-order valence-electron chi connectivity index (χ2n) is 4.27. The van der Waals surface area contributed by atoms with Crippen molar-refractivity contribution >= 4 is 6.03 Å². The molecule has 18 heavy (non-hydrogen) atoms. The fourth-order valence-corrected chi connectivity index (χ4v) is 1.65. The van der Waals surface area contributed by atoms with E-state index in [1.807, 2.05) is 6.07 Å². The molecule has 0 aliphatic carbocycles. The van der Waals surface area contributed by atoms with E-state index in [0.29, 0.717) is 19.5 Å². The molecule has 0 aliphatic rings. The Labute approximate surface area is 108 Å². The van der Waals surface area contributed by atoms with E-state index < -0.39 is 0 Å². The lowest BCUT2D eigenvalue weighted by Crippen LogP contribution is -2.37. The largest absolute Gasteiger partial charge is 0.338 e. The standard InChI is InChI=1S/C14H21FN2O/c1-2-3-4-9-16-14(18)17-10-8-12-6-5-7-13(15)11-12/h5-7,11H,2-4,8-10H2,1H3,(H2,16,17,18). The van der Waals surface area contributed by atoms with Crippen LogP contribution in [0.1, 0.15) is 31.7 Å². The van der Waals surface area contributed by atoms with Gasteiger partial charge in [-0.15, -0.1) is 0 Å². The van der Waals surface area contributed by atoms with E-state index >= 15 is 0 Å². The summed E-state index contributed by atoms with van der Waals surface area (Å²) in [5.74, 6) is -0.239. The van der Waals surface area contributed by atoms with Gasteiger partial charge in [0.1, 0.15) is 5.82 Å². The minimum atomic E-state index is -0.239. The maximum Gasteiger partial charge on any atom is 0.314 e. The molecule has 1 rings (SSSR count). The molecule has 0 saturated carbocycles. The molecule has 0 aliphatic heterocycles. The van der Waals surface area contributed by atoms with Crippen LogP contribution in [-0.4, -0.2) is 19.1 Å². The Hall–Kier alpha value is -1.58. The molecule has 3 nitrogen and oxygen atoms in total. The highest BCUT2D eigenvalue weighted by molar-refractivity contribution is 5.73. The van der Waals surface area contributed by atoms with Gasteiger partial charge in [-0.05, 0) is 30.5 Å². The Kier molecular flexibility index (Phi) is 6.84. The minimum absolute atomic E-state index is 0.150. The molecule has 2 amide bonds. The SMILES string of the molecule is CCCCCNC(=O)NCCc1cccc(F)c1. The lowest BCUT2D eigenvalue weighted by molar-refractivity contribution is 0.241. The maximum atomic E-state index is 12.9. The monoisotopic (exact) mass is 252 g/mol. The van der Waals surface area contributed by atoms with Crippen molar-refractivity contribution in [3.05, 3.63) is 35.6 Å². The van der Waals surface area contributed by atoms with E-state index in [1.54, 1.807) is 6.07 Å². The zero-order valence-electron chi connectivity index (χ0n) is 10.8. The summed E-state index contributed by atoms with van der Waals surface area (Å²) in [6.45, 7) is 3.35. The summed E-state index contributed by atoms with van der Waals surface area (Å²) in [7, 11) is 0. The number of halogens is 1. The average molecular weight is 252 g/mol. The van der Waals surface area contributed by atoms with Crippen molar-refractivity contribution in [1.29, 1.82) is 0 Å². The van der Waals surface area contributed by atoms with Crippen molar-refractivity contribution in [2.24, 2.45) is 0 Å². The van der Waals surface area contributed by atoms with Crippen molar-refractivity contribution in [2.45, 2.75) is 32.6 Å². The zero-order valence-corrected chi connectivity index (χ0v) is 10.8. The van der Waals surface area contributed by atoms with E-state index in [4.69, 9.17) is 0 Å². The molecule has 100 valence electrons. The van der Waals surface area contributed by atoms with Gasteiger partial charge in [0.05, 0.1) is 0 Å². The molecule has 1 aromatic rings. The number of nitrogens with one attached hydrogen (secondary N) is 2. The second kappa shape index (κ2) is 8.50. The Morgan fingerprint density at radius 1 is 1.22 bits per heavy atom. The van der Waals surface area contributed by atoms with Gasteiger partial charge in [0.25, 0.3) is 0 Å². The summed E-state index contributed by atoms with van der Waals surface area (Å²) in [5, 5.41) is 5.55. The predicted octanol–water partition coefficient (Wildman–Crippen LogP) is 2.86. The van der Waals surface area contributed by atoms with E-state index in [2.05, 4.69) is 17.6 Å². The topological polar surface area (TPSA) is 41.1 Å². The van der Waals surface area contributed by atoms with E-state index in [9.17, 15) is 9.18 Å².